The summed E-state index contributed by atoms with van der Waals surface area (Å²) in [6, 6.07) is 14.4. The Morgan fingerprint density at radius 1 is 1.06 bits per heavy atom. The summed E-state index contributed by atoms with van der Waals surface area (Å²) in [5.41, 5.74) is 1.50. The van der Waals surface area contributed by atoms with Crippen molar-refractivity contribution >= 4 is 27.8 Å². The van der Waals surface area contributed by atoms with E-state index in [4.69, 9.17) is 0 Å². The molecule has 2 atom stereocenters. The number of nitrogens with one attached hydrogen (secondary N) is 3. The molecule has 4 aromatic rings. The number of para-hydroxylation sites is 3. The predicted octanol–water partition coefficient (Wildman–Crippen LogP) is 3.25. The average molecular weight is 434 g/mol. The molecule has 0 fully saturated rings. The summed E-state index contributed by atoms with van der Waals surface area (Å²) in [6.45, 7) is 4.32. The van der Waals surface area contributed by atoms with Crippen LogP contribution in [0, 0.1) is 5.92 Å². The van der Waals surface area contributed by atoms with Crippen molar-refractivity contribution in [2.45, 2.75) is 45.7 Å². The van der Waals surface area contributed by atoms with E-state index in [-0.39, 0.29) is 36.4 Å². The summed E-state index contributed by atoms with van der Waals surface area (Å²) < 4.78 is 1.15. The lowest BCUT2D eigenvalue weighted by molar-refractivity contribution is -0.122. The number of amides is 1. The van der Waals surface area contributed by atoms with Gasteiger partial charge in [0.25, 0.3) is 5.56 Å². The zero-order chi connectivity index (χ0) is 22.7. The first-order valence-electron chi connectivity index (χ1n) is 10.9. The van der Waals surface area contributed by atoms with E-state index in [0.29, 0.717) is 17.3 Å². The van der Waals surface area contributed by atoms with Crippen molar-refractivity contribution in [3.8, 4) is 0 Å². The first-order valence-corrected chi connectivity index (χ1v) is 10.9. The fourth-order valence-electron chi connectivity index (χ4n) is 3.88. The second kappa shape index (κ2) is 9.21. The number of rotatable bonds is 8. The van der Waals surface area contributed by atoms with E-state index >= 15 is 0 Å². The highest BCUT2D eigenvalue weighted by Crippen LogP contribution is 2.24. The van der Waals surface area contributed by atoms with Crippen molar-refractivity contribution in [2.24, 2.45) is 5.92 Å². The third-order valence-electron chi connectivity index (χ3n) is 5.91. The normalized spacial score (nSPS) is 13.3. The van der Waals surface area contributed by atoms with E-state index < -0.39 is 5.69 Å². The lowest BCUT2D eigenvalue weighted by Crippen LogP contribution is -2.36. The molecule has 0 bridgehead atoms. The molecule has 0 aliphatic heterocycles. The summed E-state index contributed by atoms with van der Waals surface area (Å²) in [5, 5.41) is 3.54. The Balaban J connectivity index is 1.45. The first kappa shape index (κ1) is 21.5. The fourth-order valence-corrected chi connectivity index (χ4v) is 3.88. The summed E-state index contributed by atoms with van der Waals surface area (Å²) in [4.78, 5) is 48.3. The van der Waals surface area contributed by atoms with Crippen molar-refractivity contribution in [1.82, 2.24) is 24.8 Å². The van der Waals surface area contributed by atoms with E-state index in [0.717, 1.165) is 27.8 Å². The molecule has 0 aliphatic carbocycles. The van der Waals surface area contributed by atoms with Gasteiger partial charge in [-0.2, -0.15) is 0 Å². The minimum atomic E-state index is -0.464. The molecule has 1 amide bonds. The molecular weight excluding hydrogens is 406 g/mol. The van der Waals surface area contributed by atoms with Gasteiger partial charge >= 0.3 is 5.69 Å². The Hall–Kier alpha value is -3.68. The standard InChI is InChI=1S/C24H27N5O3/c1-3-15(2)21(22-25-18-11-6-7-12-19(18)26-22)28-20(30)13-8-14-29-23(31)16-9-4-5-10-17(16)27-24(29)32/h4-7,9-12,15,21H,3,8,13-14H2,1-2H3,(H,25,26)(H,27,32)(H,28,30). The summed E-state index contributed by atoms with van der Waals surface area (Å²) in [7, 11) is 0. The number of carbonyl (C=O) groups excluding carboxylic acids is 1. The molecule has 2 unspecified atom stereocenters. The van der Waals surface area contributed by atoms with Gasteiger partial charge in [-0.3, -0.25) is 14.2 Å². The predicted molar refractivity (Wildman–Crippen MR) is 124 cm³/mol. The topological polar surface area (TPSA) is 113 Å². The van der Waals surface area contributed by atoms with Crippen LogP contribution in [0.3, 0.4) is 0 Å². The van der Waals surface area contributed by atoms with Gasteiger partial charge in [0.2, 0.25) is 5.91 Å². The van der Waals surface area contributed by atoms with Crippen LogP contribution < -0.4 is 16.6 Å². The van der Waals surface area contributed by atoms with Gasteiger partial charge in [-0.15, -0.1) is 0 Å². The van der Waals surface area contributed by atoms with Gasteiger partial charge in [0.05, 0.1) is 28.0 Å². The molecule has 2 heterocycles. The lowest BCUT2D eigenvalue weighted by Gasteiger charge is -2.22. The fraction of sp³-hybridized carbons (Fsp3) is 0.333. The molecule has 4 rings (SSSR count). The third-order valence-corrected chi connectivity index (χ3v) is 5.91. The zero-order valence-electron chi connectivity index (χ0n) is 18.2. The Kier molecular flexibility index (Phi) is 6.20. The van der Waals surface area contributed by atoms with Crippen molar-refractivity contribution in [1.29, 1.82) is 0 Å². The molecular formula is C24H27N5O3. The van der Waals surface area contributed by atoms with Gasteiger partial charge in [0.1, 0.15) is 5.82 Å². The maximum Gasteiger partial charge on any atom is 0.328 e. The van der Waals surface area contributed by atoms with E-state index in [1.807, 2.05) is 24.3 Å². The highest BCUT2D eigenvalue weighted by molar-refractivity contribution is 5.78. The molecule has 166 valence electrons. The molecule has 32 heavy (non-hydrogen) atoms. The summed E-state index contributed by atoms with van der Waals surface area (Å²) in [5.74, 6) is 0.780. The van der Waals surface area contributed by atoms with Gasteiger partial charge in [-0.05, 0) is 36.6 Å². The lowest BCUT2D eigenvalue weighted by atomic mass is 9.98. The molecule has 0 spiro atoms. The van der Waals surface area contributed by atoms with E-state index in [2.05, 4.69) is 34.1 Å². The van der Waals surface area contributed by atoms with Crippen molar-refractivity contribution in [3.05, 3.63) is 75.2 Å². The number of aromatic nitrogens is 4. The van der Waals surface area contributed by atoms with Crippen LogP contribution in [0.2, 0.25) is 0 Å². The number of hydrogen-bond donors (Lipinski definition) is 3. The molecule has 2 aromatic heterocycles. The minimum Gasteiger partial charge on any atom is -0.346 e. The number of aromatic amines is 2. The summed E-state index contributed by atoms with van der Waals surface area (Å²) in [6.07, 6.45) is 1.45. The van der Waals surface area contributed by atoms with Gasteiger partial charge in [-0.25, -0.2) is 9.78 Å². The van der Waals surface area contributed by atoms with E-state index in [9.17, 15) is 14.4 Å². The van der Waals surface area contributed by atoms with Crippen molar-refractivity contribution < 1.29 is 4.79 Å². The highest BCUT2D eigenvalue weighted by atomic mass is 16.2. The Bertz CT molecular complexity index is 1330. The maximum absolute atomic E-state index is 12.7. The molecule has 0 radical (unpaired) electrons. The number of carbonyl (C=O) groups is 1. The minimum absolute atomic E-state index is 0.138. The summed E-state index contributed by atoms with van der Waals surface area (Å²) >= 11 is 0. The van der Waals surface area contributed by atoms with Crippen LogP contribution in [0.15, 0.2) is 58.1 Å². The first-order chi connectivity index (χ1) is 15.5. The number of hydrogen-bond acceptors (Lipinski definition) is 4. The molecule has 0 saturated heterocycles. The van der Waals surface area contributed by atoms with E-state index in [1.54, 1.807) is 24.3 Å². The number of fused-ring (bicyclic) bond motifs is 2. The molecule has 8 heteroatoms. The molecule has 0 saturated carbocycles. The van der Waals surface area contributed by atoms with Crippen molar-refractivity contribution in [2.75, 3.05) is 0 Å². The molecule has 8 nitrogen and oxygen atoms in total. The van der Waals surface area contributed by atoms with Crippen LogP contribution in [-0.2, 0) is 11.3 Å². The number of nitrogens with zero attached hydrogens (tertiary/aromatic N) is 2. The van der Waals surface area contributed by atoms with Crippen LogP contribution in [0.5, 0.6) is 0 Å². The second-order valence-corrected chi connectivity index (χ2v) is 8.11. The largest absolute Gasteiger partial charge is 0.346 e. The smallest absolute Gasteiger partial charge is 0.328 e. The van der Waals surface area contributed by atoms with Crippen LogP contribution in [0.25, 0.3) is 21.9 Å². The number of benzene rings is 2. The molecule has 0 aliphatic rings. The quantitative estimate of drug-likeness (QED) is 0.396. The number of imidazole rings is 1. The zero-order valence-corrected chi connectivity index (χ0v) is 18.2. The second-order valence-electron chi connectivity index (χ2n) is 8.11. The SMILES string of the molecule is CCC(C)C(NC(=O)CCCn1c(=O)[nH]c2ccccc2c1=O)c1nc2ccccc2[nH]1. The Morgan fingerprint density at radius 2 is 1.78 bits per heavy atom. The van der Waals surface area contributed by atoms with Crippen LogP contribution in [0.4, 0.5) is 0 Å². The monoisotopic (exact) mass is 433 g/mol. The van der Waals surface area contributed by atoms with Crippen LogP contribution in [0.1, 0.15) is 45.0 Å². The Morgan fingerprint density at radius 3 is 2.53 bits per heavy atom. The van der Waals surface area contributed by atoms with Gasteiger partial charge < -0.3 is 15.3 Å². The molecule has 2 aromatic carbocycles. The van der Waals surface area contributed by atoms with Gasteiger partial charge in [0, 0.05) is 13.0 Å². The van der Waals surface area contributed by atoms with Crippen LogP contribution >= 0.6 is 0 Å². The average Bonchev–Trinajstić information content (AvgIpc) is 3.23. The maximum atomic E-state index is 12.7. The van der Waals surface area contributed by atoms with Crippen LogP contribution in [-0.4, -0.2) is 25.4 Å². The van der Waals surface area contributed by atoms with Crippen molar-refractivity contribution in [3.63, 3.8) is 0 Å². The van der Waals surface area contributed by atoms with E-state index in [1.165, 1.54) is 0 Å². The third kappa shape index (κ3) is 4.34. The number of H-pyrrole nitrogens is 2. The Labute approximate surface area is 184 Å². The highest BCUT2D eigenvalue weighted by Gasteiger charge is 2.23. The van der Waals surface area contributed by atoms with Gasteiger partial charge in [-0.1, -0.05) is 44.5 Å². The van der Waals surface area contributed by atoms with Gasteiger partial charge in [0.15, 0.2) is 0 Å². The molecule has 3 N–H and O–H groups in total.